The molecule has 4 rings (SSSR count). The fourth-order valence-corrected chi connectivity index (χ4v) is 3.69. The number of hydrogen-bond acceptors (Lipinski definition) is 4. The number of aryl methyl sites for hydroxylation is 1. The first-order chi connectivity index (χ1) is 15.3. The van der Waals surface area contributed by atoms with E-state index in [0.717, 1.165) is 18.6 Å². The Labute approximate surface area is 184 Å². The van der Waals surface area contributed by atoms with Crippen LogP contribution < -0.4 is 4.90 Å². The predicted octanol–water partition coefficient (Wildman–Crippen LogP) is 4.69. The van der Waals surface area contributed by atoms with Gasteiger partial charge in [-0.15, -0.1) is 0 Å². The zero-order valence-electron chi connectivity index (χ0n) is 17.6. The second-order valence-corrected chi connectivity index (χ2v) is 7.65. The Hall–Kier alpha value is -3.42. The second kappa shape index (κ2) is 8.98. The number of rotatable bonds is 4. The number of halogens is 3. The largest absolute Gasteiger partial charge is 0.416 e. The molecule has 0 saturated carbocycles. The van der Waals surface area contributed by atoms with E-state index in [1.807, 2.05) is 29.2 Å². The summed E-state index contributed by atoms with van der Waals surface area (Å²) in [5, 5.41) is 0. The third kappa shape index (κ3) is 4.74. The molecule has 0 aliphatic carbocycles. The highest BCUT2D eigenvalue weighted by molar-refractivity contribution is 5.94. The van der Waals surface area contributed by atoms with Crippen LogP contribution in [0.5, 0.6) is 0 Å². The van der Waals surface area contributed by atoms with Crippen LogP contribution in [0, 0.1) is 0 Å². The number of hydrogen-bond donors (Lipinski definition) is 0. The molecule has 0 bridgehead atoms. The van der Waals surface area contributed by atoms with Crippen molar-refractivity contribution in [3.63, 3.8) is 0 Å². The number of carbonyl (C=O) groups is 1. The third-order valence-electron chi connectivity index (χ3n) is 5.59. The van der Waals surface area contributed by atoms with Crippen molar-refractivity contribution >= 4 is 11.9 Å². The van der Waals surface area contributed by atoms with Crippen LogP contribution >= 0.6 is 0 Å². The van der Waals surface area contributed by atoms with Gasteiger partial charge < -0.3 is 9.80 Å². The van der Waals surface area contributed by atoms with Crippen LogP contribution in [0.15, 0.2) is 60.8 Å². The molecule has 1 fully saturated rings. The van der Waals surface area contributed by atoms with Crippen molar-refractivity contribution in [2.75, 3.05) is 31.1 Å². The second-order valence-electron chi connectivity index (χ2n) is 7.65. The smallest absolute Gasteiger partial charge is 0.337 e. The van der Waals surface area contributed by atoms with Gasteiger partial charge in [-0.1, -0.05) is 31.2 Å². The molecule has 1 amide bonds. The molecule has 1 saturated heterocycles. The van der Waals surface area contributed by atoms with Gasteiger partial charge in [0.1, 0.15) is 0 Å². The molecule has 32 heavy (non-hydrogen) atoms. The summed E-state index contributed by atoms with van der Waals surface area (Å²) in [7, 11) is 0. The molecule has 0 atom stereocenters. The number of nitrogens with zero attached hydrogens (tertiary/aromatic N) is 4. The van der Waals surface area contributed by atoms with Crippen LogP contribution in [0.3, 0.4) is 0 Å². The van der Waals surface area contributed by atoms with E-state index in [1.54, 1.807) is 23.2 Å². The number of carbonyl (C=O) groups excluding carboxylic acids is 1. The van der Waals surface area contributed by atoms with Crippen molar-refractivity contribution in [1.82, 2.24) is 14.9 Å². The number of benzene rings is 2. The normalized spacial score (nSPS) is 14.5. The topological polar surface area (TPSA) is 49.3 Å². The van der Waals surface area contributed by atoms with Crippen molar-refractivity contribution in [3.8, 4) is 11.3 Å². The minimum Gasteiger partial charge on any atom is -0.337 e. The minimum atomic E-state index is -4.41. The Morgan fingerprint density at radius 3 is 2.38 bits per heavy atom. The zero-order valence-corrected chi connectivity index (χ0v) is 17.6. The number of aromatic nitrogens is 2. The maximum atomic E-state index is 13.0. The number of alkyl halides is 3. The summed E-state index contributed by atoms with van der Waals surface area (Å²) in [4.78, 5) is 25.3. The van der Waals surface area contributed by atoms with E-state index in [-0.39, 0.29) is 5.91 Å². The van der Waals surface area contributed by atoms with Gasteiger partial charge in [-0.2, -0.15) is 13.2 Å². The number of anilines is 1. The first-order valence-corrected chi connectivity index (χ1v) is 10.5. The standard InChI is InChI=1S/C24H23F3N4O/c1-2-17-6-8-18(9-7-17)22(32)30-12-14-31(15-13-30)23-28-11-10-21(29-23)19-4-3-5-20(16-19)24(25,26)27/h3-11,16H,2,12-15H2,1H3. The Morgan fingerprint density at radius 1 is 1.00 bits per heavy atom. The van der Waals surface area contributed by atoms with Crippen LogP contribution in [0.2, 0.25) is 0 Å². The molecule has 0 radical (unpaired) electrons. The molecule has 166 valence electrons. The molecular formula is C24H23F3N4O. The van der Waals surface area contributed by atoms with Gasteiger partial charge in [0.05, 0.1) is 11.3 Å². The first kappa shape index (κ1) is 21.8. The Morgan fingerprint density at radius 2 is 1.72 bits per heavy atom. The third-order valence-corrected chi connectivity index (χ3v) is 5.59. The van der Waals surface area contributed by atoms with E-state index >= 15 is 0 Å². The SMILES string of the molecule is CCc1ccc(C(=O)N2CCN(c3nccc(-c4cccc(C(F)(F)F)c4)n3)CC2)cc1. The quantitative estimate of drug-likeness (QED) is 0.591. The Balaban J connectivity index is 1.45. The highest BCUT2D eigenvalue weighted by Crippen LogP contribution is 2.32. The fraction of sp³-hybridized carbons (Fsp3) is 0.292. The van der Waals surface area contributed by atoms with Crippen molar-refractivity contribution in [2.45, 2.75) is 19.5 Å². The molecule has 1 aliphatic heterocycles. The van der Waals surface area contributed by atoms with Crippen molar-refractivity contribution < 1.29 is 18.0 Å². The first-order valence-electron chi connectivity index (χ1n) is 10.5. The molecule has 1 aromatic heterocycles. The summed E-state index contributed by atoms with van der Waals surface area (Å²) in [6.07, 6.45) is -1.94. The van der Waals surface area contributed by atoms with E-state index in [1.165, 1.54) is 11.6 Å². The number of piperazine rings is 1. The highest BCUT2D eigenvalue weighted by atomic mass is 19.4. The molecule has 1 aliphatic rings. The van der Waals surface area contributed by atoms with Crippen molar-refractivity contribution in [1.29, 1.82) is 0 Å². The summed E-state index contributed by atoms with van der Waals surface area (Å²) in [5.74, 6) is 0.435. The summed E-state index contributed by atoms with van der Waals surface area (Å²) in [6, 6.07) is 14.3. The average molecular weight is 440 g/mol. The number of amides is 1. The molecule has 0 spiro atoms. The van der Waals surface area contributed by atoms with E-state index in [2.05, 4.69) is 16.9 Å². The van der Waals surface area contributed by atoms with Gasteiger partial charge in [0, 0.05) is 43.5 Å². The lowest BCUT2D eigenvalue weighted by atomic mass is 10.1. The van der Waals surface area contributed by atoms with Gasteiger partial charge >= 0.3 is 6.18 Å². The average Bonchev–Trinajstić information content (AvgIpc) is 2.83. The van der Waals surface area contributed by atoms with Gasteiger partial charge in [0.15, 0.2) is 0 Å². The summed E-state index contributed by atoms with van der Waals surface area (Å²) in [6.45, 7) is 4.20. The lowest BCUT2D eigenvalue weighted by molar-refractivity contribution is -0.137. The van der Waals surface area contributed by atoms with Gasteiger partial charge in [-0.25, -0.2) is 9.97 Å². The maximum Gasteiger partial charge on any atom is 0.416 e. The molecule has 3 aromatic rings. The summed E-state index contributed by atoms with van der Waals surface area (Å²) in [5.41, 5.74) is 1.94. The molecule has 0 N–H and O–H groups in total. The van der Waals surface area contributed by atoms with Crippen molar-refractivity contribution in [2.24, 2.45) is 0 Å². The molecular weight excluding hydrogens is 417 g/mol. The summed E-state index contributed by atoms with van der Waals surface area (Å²) >= 11 is 0. The lowest BCUT2D eigenvalue weighted by Gasteiger charge is -2.34. The fourth-order valence-electron chi connectivity index (χ4n) is 3.69. The maximum absolute atomic E-state index is 13.0. The Kier molecular flexibility index (Phi) is 6.12. The van der Waals surface area contributed by atoms with E-state index in [0.29, 0.717) is 48.9 Å². The van der Waals surface area contributed by atoms with Crippen molar-refractivity contribution in [3.05, 3.63) is 77.5 Å². The highest BCUT2D eigenvalue weighted by Gasteiger charge is 2.30. The van der Waals surface area contributed by atoms with Crippen LogP contribution in [0.1, 0.15) is 28.4 Å². The summed E-state index contributed by atoms with van der Waals surface area (Å²) < 4.78 is 39.1. The zero-order chi connectivity index (χ0) is 22.7. The molecule has 0 unspecified atom stereocenters. The van der Waals surface area contributed by atoms with Crippen LogP contribution in [-0.2, 0) is 12.6 Å². The van der Waals surface area contributed by atoms with Crippen LogP contribution in [0.25, 0.3) is 11.3 Å². The van der Waals surface area contributed by atoms with E-state index in [4.69, 9.17) is 0 Å². The van der Waals surface area contributed by atoms with Gasteiger partial charge in [0.25, 0.3) is 5.91 Å². The van der Waals surface area contributed by atoms with Gasteiger partial charge in [-0.05, 0) is 42.3 Å². The van der Waals surface area contributed by atoms with E-state index < -0.39 is 11.7 Å². The molecule has 5 nitrogen and oxygen atoms in total. The molecule has 8 heteroatoms. The minimum absolute atomic E-state index is 0.00839. The molecule has 2 heterocycles. The lowest BCUT2D eigenvalue weighted by Crippen LogP contribution is -2.49. The van der Waals surface area contributed by atoms with Gasteiger partial charge in [0.2, 0.25) is 5.95 Å². The van der Waals surface area contributed by atoms with Crippen LogP contribution in [0.4, 0.5) is 19.1 Å². The predicted molar refractivity (Wildman–Crippen MR) is 116 cm³/mol. The van der Waals surface area contributed by atoms with E-state index in [9.17, 15) is 18.0 Å². The van der Waals surface area contributed by atoms with Crippen LogP contribution in [-0.4, -0.2) is 47.0 Å². The molecule has 2 aromatic carbocycles. The monoisotopic (exact) mass is 440 g/mol. The Bertz CT molecular complexity index is 1090. The van der Waals surface area contributed by atoms with Gasteiger partial charge in [-0.3, -0.25) is 4.79 Å².